The standard InChI is InChI=1S/C12H11O2/c13-12(14)8-10-6-3-5-9-4-1-2-7-11(9)10/h1-7,13-14H,8H2. The molecule has 2 nitrogen and oxygen atoms in total. The molecule has 0 bridgehead atoms. The Kier molecular flexibility index (Phi) is 2.48. The number of aliphatic hydroxyl groups is 2. The average Bonchev–Trinajstić information content (AvgIpc) is 2.18. The third-order valence-corrected chi connectivity index (χ3v) is 2.23. The molecule has 0 aromatic heterocycles. The summed E-state index contributed by atoms with van der Waals surface area (Å²) in [6, 6.07) is 13.7. The lowest BCUT2D eigenvalue weighted by atomic mass is 10.0. The van der Waals surface area contributed by atoms with Crippen molar-refractivity contribution in [1.82, 2.24) is 0 Å². The largest absolute Gasteiger partial charge is 0.361 e. The summed E-state index contributed by atoms with van der Waals surface area (Å²) in [5.74, 6) is 0. The van der Waals surface area contributed by atoms with Crippen LogP contribution in [0.1, 0.15) is 5.56 Å². The molecular formula is C12H11O2. The van der Waals surface area contributed by atoms with Crippen LogP contribution < -0.4 is 0 Å². The van der Waals surface area contributed by atoms with Crippen molar-refractivity contribution in [2.24, 2.45) is 0 Å². The summed E-state index contributed by atoms with van der Waals surface area (Å²) in [4.78, 5) is 0. The molecular weight excluding hydrogens is 176 g/mol. The molecule has 0 aliphatic carbocycles. The summed E-state index contributed by atoms with van der Waals surface area (Å²) in [6.45, 7) is 0. The van der Waals surface area contributed by atoms with Crippen molar-refractivity contribution in [2.45, 2.75) is 6.42 Å². The molecule has 0 atom stereocenters. The zero-order valence-corrected chi connectivity index (χ0v) is 7.64. The number of rotatable bonds is 2. The van der Waals surface area contributed by atoms with Gasteiger partial charge in [0, 0.05) is 6.42 Å². The second-order valence-corrected chi connectivity index (χ2v) is 3.23. The van der Waals surface area contributed by atoms with Gasteiger partial charge in [-0.1, -0.05) is 42.5 Å². The molecule has 71 valence electrons. The second kappa shape index (κ2) is 3.78. The van der Waals surface area contributed by atoms with Crippen LogP contribution in [0.3, 0.4) is 0 Å². The lowest BCUT2D eigenvalue weighted by molar-refractivity contribution is 0.0798. The first-order chi connectivity index (χ1) is 6.77. The van der Waals surface area contributed by atoms with Gasteiger partial charge < -0.3 is 10.2 Å². The van der Waals surface area contributed by atoms with Gasteiger partial charge in [0.2, 0.25) is 6.29 Å². The Morgan fingerprint density at radius 1 is 0.929 bits per heavy atom. The first-order valence-electron chi connectivity index (χ1n) is 4.48. The van der Waals surface area contributed by atoms with Crippen molar-refractivity contribution < 1.29 is 10.2 Å². The van der Waals surface area contributed by atoms with E-state index in [4.69, 9.17) is 10.2 Å². The van der Waals surface area contributed by atoms with Crippen molar-refractivity contribution in [3.63, 3.8) is 0 Å². The zero-order chi connectivity index (χ0) is 9.97. The molecule has 14 heavy (non-hydrogen) atoms. The molecule has 0 unspecified atom stereocenters. The topological polar surface area (TPSA) is 40.5 Å². The fraction of sp³-hybridized carbons (Fsp3) is 0.0833. The summed E-state index contributed by atoms with van der Waals surface area (Å²) < 4.78 is 0. The summed E-state index contributed by atoms with van der Waals surface area (Å²) in [7, 11) is 0. The summed E-state index contributed by atoms with van der Waals surface area (Å²) in [6.07, 6.45) is -0.345. The van der Waals surface area contributed by atoms with Gasteiger partial charge in [0.25, 0.3) is 0 Å². The molecule has 0 aliphatic rings. The molecule has 2 heteroatoms. The van der Waals surface area contributed by atoms with E-state index in [0.717, 1.165) is 16.3 Å². The highest BCUT2D eigenvalue weighted by Gasteiger charge is 2.05. The third kappa shape index (κ3) is 1.76. The number of aliphatic hydroxyl groups excluding tert-OH is 1. The molecule has 0 fully saturated rings. The Balaban J connectivity index is 2.53. The van der Waals surface area contributed by atoms with Gasteiger partial charge in [0.15, 0.2) is 0 Å². The normalized spacial score (nSPS) is 11.1. The maximum Gasteiger partial charge on any atom is 0.222 e. The molecule has 0 amide bonds. The number of hydrogen-bond donors (Lipinski definition) is 2. The van der Waals surface area contributed by atoms with E-state index in [1.165, 1.54) is 0 Å². The molecule has 0 heterocycles. The maximum atomic E-state index is 8.84. The van der Waals surface area contributed by atoms with Crippen LogP contribution in [0.5, 0.6) is 0 Å². The van der Waals surface area contributed by atoms with Crippen molar-refractivity contribution >= 4 is 10.8 Å². The third-order valence-electron chi connectivity index (χ3n) is 2.23. The number of benzene rings is 2. The molecule has 0 aliphatic heterocycles. The van der Waals surface area contributed by atoms with Gasteiger partial charge in [-0.3, -0.25) is 0 Å². The molecule has 0 spiro atoms. The van der Waals surface area contributed by atoms with Gasteiger partial charge in [0.05, 0.1) is 0 Å². The highest BCUT2D eigenvalue weighted by molar-refractivity contribution is 5.85. The van der Waals surface area contributed by atoms with Gasteiger partial charge in [-0.2, -0.15) is 0 Å². The quantitative estimate of drug-likeness (QED) is 0.758. The average molecular weight is 187 g/mol. The fourth-order valence-corrected chi connectivity index (χ4v) is 1.62. The van der Waals surface area contributed by atoms with E-state index in [0.29, 0.717) is 0 Å². The van der Waals surface area contributed by atoms with E-state index in [-0.39, 0.29) is 6.42 Å². The number of hydrogen-bond acceptors (Lipinski definition) is 2. The lowest BCUT2D eigenvalue weighted by Crippen LogP contribution is -1.98. The van der Waals surface area contributed by atoms with Crippen molar-refractivity contribution in [1.29, 1.82) is 0 Å². The van der Waals surface area contributed by atoms with Crippen LogP contribution in [-0.4, -0.2) is 10.2 Å². The van der Waals surface area contributed by atoms with Crippen molar-refractivity contribution in [2.75, 3.05) is 0 Å². The molecule has 2 aromatic rings. The summed E-state index contributed by atoms with van der Waals surface area (Å²) >= 11 is 0. The Hall–Kier alpha value is -1.38. The lowest BCUT2D eigenvalue weighted by Gasteiger charge is -2.06. The van der Waals surface area contributed by atoms with Gasteiger partial charge in [-0.15, -0.1) is 0 Å². The fourth-order valence-electron chi connectivity index (χ4n) is 1.62. The van der Waals surface area contributed by atoms with Crippen LogP contribution in [0.15, 0.2) is 42.5 Å². The summed E-state index contributed by atoms with van der Waals surface area (Å²) in [5.41, 5.74) is 0.933. The van der Waals surface area contributed by atoms with E-state index in [9.17, 15) is 0 Å². The predicted molar refractivity (Wildman–Crippen MR) is 54.8 cm³/mol. The van der Waals surface area contributed by atoms with Crippen LogP contribution in [0.25, 0.3) is 10.8 Å². The first-order valence-corrected chi connectivity index (χ1v) is 4.48. The SMILES string of the molecule is O[C](O)Cc1cccc2ccccc12. The van der Waals surface area contributed by atoms with Crippen LogP contribution in [0, 0.1) is 6.29 Å². The Morgan fingerprint density at radius 2 is 1.64 bits per heavy atom. The van der Waals surface area contributed by atoms with Gasteiger partial charge in [0.1, 0.15) is 0 Å². The molecule has 0 saturated carbocycles. The highest BCUT2D eigenvalue weighted by Crippen LogP contribution is 2.20. The molecule has 1 radical (unpaired) electrons. The van der Waals surface area contributed by atoms with E-state index < -0.39 is 6.29 Å². The maximum absolute atomic E-state index is 8.84. The Labute approximate surface area is 82.4 Å². The first kappa shape index (κ1) is 9.19. The molecule has 0 saturated heterocycles. The summed E-state index contributed by atoms with van der Waals surface area (Å²) in [5, 5.41) is 19.9. The van der Waals surface area contributed by atoms with Gasteiger partial charge in [-0.25, -0.2) is 0 Å². The van der Waals surface area contributed by atoms with Crippen molar-refractivity contribution in [3.8, 4) is 0 Å². The zero-order valence-electron chi connectivity index (χ0n) is 7.64. The molecule has 2 rings (SSSR count). The second-order valence-electron chi connectivity index (χ2n) is 3.23. The monoisotopic (exact) mass is 187 g/mol. The van der Waals surface area contributed by atoms with Crippen LogP contribution >= 0.6 is 0 Å². The highest BCUT2D eigenvalue weighted by atomic mass is 16.5. The minimum Gasteiger partial charge on any atom is -0.361 e. The van der Waals surface area contributed by atoms with Crippen LogP contribution in [0.4, 0.5) is 0 Å². The Morgan fingerprint density at radius 3 is 2.43 bits per heavy atom. The van der Waals surface area contributed by atoms with E-state index in [1.54, 1.807) is 0 Å². The van der Waals surface area contributed by atoms with E-state index in [1.807, 2.05) is 42.5 Å². The molecule has 2 N–H and O–H groups in total. The minimum atomic E-state index is -0.540. The van der Waals surface area contributed by atoms with Crippen LogP contribution in [0.2, 0.25) is 0 Å². The Bertz CT molecular complexity index is 430. The van der Waals surface area contributed by atoms with Crippen molar-refractivity contribution in [3.05, 3.63) is 54.3 Å². The van der Waals surface area contributed by atoms with Gasteiger partial charge >= 0.3 is 0 Å². The van der Waals surface area contributed by atoms with E-state index in [2.05, 4.69) is 0 Å². The molecule has 2 aromatic carbocycles. The van der Waals surface area contributed by atoms with E-state index >= 15 is 0 Å². The predicted octanol–water partition coefficient (Wildman–Crippen LogP) is 2.62. The smallest absolute Gasteiger partial charge is 0.222 e. The van der Waals surface area contributed by atoms with Gasteiger partial charge in [-0.05, 0) is 16.3 Å². The van der Waals surface area contributed by atoms with Crippen LogP contribution in [-0.2, 0) is 6.42 Å². The number of fused-ring (bicyclic) bond motifs is 1. The minimum absolute atomic E-state index is 0.196.